The molecule has 15 heavy (non-hydrogen) atoms. The van der Waals surface area contributed by atoms with E-state index in [2.05, 4.69) is 30.4 Å². The zero-order chi connectivity index (χ0) is 11.3. The van der Waals surface area contributed by atoms with Gasteiger partial charge in [-0.05, 0) is 33.1 Å². The highest BCUT2D eigenvalue weighted by Crippen LogP contribution is 2.27. The molecule has 0 aliphatic rings. The molecule has 4 nitrogen and oxygen atoms in total. The molecule has 0 aromatic carbocycles. The van der Waals surface area contributed by atoms with Crippen LogP contribution in [0.3, 0.4) is 0 Å². The summed E-state index contributed by atoms with van der Waals surface area (Å²) >= 11 is 1.41. The van der Waals surface area contributed by atoms with Crippen molar-refractivity contribution in [3.05, 3.63) is 10.9 Å². The second-order valence-corrected chi connectivity index (χ2v) is 4.64. The highest BCUT2D eigenvalue weighted by molar-refractivity contribution is 7.17. The average Bonchev–Trinajstić information content (AvgIpc) is 2.53. The van der Waals surface area contributed by atoms with Gasteiger partial charge in [0, 0.05) is 6.54 Å². The monoisotopic (exact) mass is 224 g/mol. The molecule has 0 fully saturated rings. The van der Waals surface area contributed by atoms with Crippen molar-refractivity contribution in [3.63, 3.8) is 0 Å². The fourth-order valence-electron chi connectivity index (χ4n) is 1.19. The van der Waals surface area contributed by atoms with E-state index in [0.29, 0.717) is 10.6 Å². The summed E-state index contributed by atoms with van der Waals surface area (Å²) in [5.74, 6) is 0. The van der Waals surface area contributed by atoms with Gasteiger partial charge in [0.25, 0.3) is 0 Å². The molecule has 1 aromatic heterocycles. The quantitative estimate of drug-likeness (QED) is 0.745. The van der Waals surface area contributed by atoms with Crippen LogP contribution in [0, 0.1) is 11.3 Å². The molecule has 0 aliphatic carbocycles. The highest BCUT2D eigenvalue weighted by atomic mass is 32.1. The van der Waals surface area contributed by atoms with Gasteiger partial charge in [0.05, 0.1) is 10.7 Å². The molecular weight excluding hydrogens is 208 g/mol. The molecule has 0 unspecified atom stereocenters. The van der Waals surface area contributed by atoms with Crippen LogP contribution in [-0.4, -0.2) is 32.1 Å². The zero-order valence-corrected chi connectivity index (χ0v) is 9.90. The summed E-state index contributed by atoms with van der Waals surface area (Å²) in [6.07, 6.45) is 1.08. The molecule has 0 saturated carbocycles. The lowest BCUT2D eigenvalue weighted by Gasteiger charge is -2.09. The molecule has 5 heteroatoms. The smallest absolute Gasteiger partial charge is 0.129 e. The number of hydrogen-bond donors (Lipinski definition) is 2. The number of thiophene rings is 1. The van der Waals surface area contributed by atoms with Crippen molar-refractivity contribution in [2.75, 3.05) is 38.2 Å². The fourth-order valence-corrected chi connectivity index (χ4v) is 1.99. The van der Waals surface area contributed by atoms with Gasteiger partial charge in [0.15, 0.2) is 0 Å². The van der Waals surface area contributed by atoms with E-state index in [1.807, 2.05) is 6.07 Å². The minimum absolute atomic E-state index is 0.567. The third-order valence-electron chi connectivity index (χ3n) is 1.94. The molecule has 0 amide bonds. The van der Waals surface area contributed by atoms with Crippen LogP contribution >= 0.6 is 11.3 Å². The van der Waals surface area contributed by atoms with Crippen LogP contribution < -0.4 is 11.1 Å². The third kappa shape index (κ3) is 3.78. The summed E-state index contributed by atoms with van der Waals surface area (Å²) in [6.45, 7) is 1.96. The summed E-state index contributed by atoms with van der Waals surface area (Å²) < 4.78 is 0. The van der Waals surface area contributed by atoms with Gasteiger partial charge in [0.2, 0.25) is 0 Å². The normalized spacial score (nSPS) is 10.3. The molecule has 1 aromatic rings. The van der Waals surface area contributed by atoms with Crippen molar-refractivity contribution in [3.8, 4) is 6.07 Å². The van der Waals surface area contributed by atoms with Gasteiger partial charge in [-0.3, -0.25) is 0 Å². The first-order valence-electron chi connectivity index (χ1n) is 4.81. The lowest BCUT2D eigenvalue weighted by molar-refractivity contribution is 0.405. The number of nitriles is 1. The molecule has 0 bridgehead atoms. The summed E-state index contributed by atoms with van der Waals surface area (Å²) in [7, 11) is 4.10. The first-order chi connectivity index (χ1) is 7.13. The van der Waals surface area contributed by atoms with Crippen molar-refractivity contribution < 1.29 is 0 Å². The van der Waals surface area contributed by atoms with Gasteiger partial charge in [0.1, 0.15) is 10.9 Å². The van der Waals surface area contributed by atoms with Crippen LogP contribution in [0.5, 0.6) is 0 Å². The summed E-state index contributed by atoms with van der Waals surface area (Å²) in [6, 6.07) is 3.89. The first kappa shape index (κ1) is 11.8. The maximum atomic E-state index is 8.72. The predicted octanol–water partition coefficient (Wildman–Crippen LogP) is 1.57. The molecule has 1 heterocycles. The van der Waals surface area contributed by atoms with Crippen LogP contribution in [0.2, 0.25) is 0 Å². The molecule has 82 valence electrons. The molecule has 0 saturated heterocycles. The minimum Gasteiger partial charge on any atom is -0.397 e. The van der Waals surface area contributed by atoms with Gasteiger partial charge in [-0.2, -0.15) is 5.26 Å². The van der Waals surface area contributed by atoms with E-state index in [1.165, 1.54) is 11.3 Å². The van der Waals surface area contributed by atoms with E-state index >= 15 is 0 Å². The highest BCUT2D eigenvalue weighted by Gasteiger charge is 2.04. The number of hydrogen-bond acceptors (Lipinski definition) is 5. The van der Waals surface area contributed by atoms with Crippen molar-refractivity contribution >= 4 is 22.0 Å². The summed E-state index contributed by atoms with van der Waals surface area (Å²) in [4.78, 5) is 2.73. The first-order valence-corrected chi connectivity index (χ1v) is 5.63. The van der Waals surface area contributed by atoms with Crippen LogP contribution in [0.25, 0.3) is 0 Å². The van der Waals surface area contributed by atoms with Crippen molar-refractivity contribution in [2.24, 2.45) is 0 Å². The van der Waals surface area contributed by atoms with E-state index in [9.17, 15) is 0 Å². The Kier molecular flexibility index (Phi) is 4.40. The van der Waals surface area contributed by atoms with E-state index < -0.39 is 0 Å². The Morgan fingerprint density at radius 3 is 2.87 bits per heavy atom. The van der Waals surface area contributed by atoms with Crippen molar-refractivity contribution in [1.82, 2.24) is 4.90 Å². The van der Waals surface area contributed by atoms with Crippen molar-refractivity contribution in [1.29, 1.82) is 5.26 Å². The maximum absolute atomic E-state index is 8.72. The zero-order valence-electron chi connectivity index (χ0n) is 9.08. The molecule has 3 N–H and O–H groups in total. The number of anilines is 2. The largest absolute Gasteiger partial charge is 0.397 e. The van der Waals surface area contributed by atoms with Gasteiger partial charge in [-0.1, -0.05) is 0 Å². The molecular formula is C10H16N4S. The Morgan fingerprint density at radius 2 is 2.33 bits per heavy atom. The van der Waals surface area contributed by atoms with Gasteiger partial charge in [-0.25, -0.2) is 0 Å². The van der Waals surface area contributed by atoms with Gasteiger partial charge in [-0.15, -0.1) is 11.3 Å². The van der Waals surface area contributed by atoms with E-state index in [-0.39, 0.29) is 0 Å². The Balaban J connectivity index is 2.35. The minimum atomic E-state index is 0.567. The number of rotatable bonds is 5. The Bertz CT molecular complexity index is 351. The standard InChI is InChI=1S/C10H16N4S/c1-14(2)5-3-4-13-10-6-8(12)9(7-11)15-10/h6,13H,3-5,12H2,1-2H3. The second kappa shape index (κ2) is 5.59. The molecule has 1 rings (SSSR count). The lowest BCUT2D eigenvalue weighted by Crippen LogP contribution is -2.16. The van der Waals surface area contributed by atoms with E-state index in [1.54, 1.807) is 0 Å². The van der Waals surface area contributed by atoms with Crippen LogP contribution in [0.1, 0.15) is 11.3 Å². The van der Waals surface area contributed by atoms with E-state index in [4.69, 9.17) is 11.0 Å². The Morgan fingerprint density at radius 1 is 1.60 bits per heavy atom. The number of nitrogens with zero attached hydrogens (tertiary/aromatic N) is 2. The number of nitrogens with one attached hydrogen (secondary N) is 1. The molecule has 0 aliphatic heterocycles. The molecule has 0 atom stereocenters. The average molecular weight is 224 g/mol. The topological polar surface area (TPSA) is 65.1 Å². The lowest BCUT2D eigenvalue weighted by atomic mass is 10.4. The van der Waals surface area contributed by atoms with Crippen LogP contribution in [0.15, 0.2) is 6.07 Å². The maximum Gasteiger partial charge on any atom is 0.129 e. The second-order valence-electron chi connectivity index (χ2n) is 3.59. The summed E-state index contributed by atoms with van der Waals surface area (Å²) in [5, 5.41) is 13.0. The number of nitrogen functional groups attached to an aromatic ring is 1. The molecule has 0 radical (unpaired) electrons. The van der Waals surface area contributed by atoms with Crippen molar-refractivity contribution in [2.45, 2.75) is 6.42 Å². The Hall–Kier alpha value is -1.25. The van der Waals surface area contributed by atoms with Crippen LogP contribution in [-0.2, 0) is 0 Å². The SMILES string of the molecule is CN(C)CCCNc1cc(N)c(C#N)s1. The number of nitrogens with two attached hydrogens (primary N) is 1. The fraction of sp³-hybridized carbons (Fsp3) is 0.500. The summed E-state index contributed by atoms with van der Waals surface area (Å²) in [5.41, 5.74) is 6.21. The van der Waals surface area contributed by atoms with Crippen LogP contribution in [0.4, 0.5) is 10.7 Å². The molecule has 0 spiro atoms. The predicted molar refractivity (Wildman–Crippen MR) is 65.1 cm³/mol. The van der Waals surface area contributed by atoms with Gasteiger partial charge < -0.3 is 16.0 Å². The third-order valence-corrected chi connectivity index (χ3v) is 2.96. The van der Waals surface area contributed by atoms with E-state index in [0.717, 1.165) is 24.5 Å². The Labute approximate surface area is 94.3 Å². The van der Waals surface area contributed by atoms with Gasteiger partial charge >= 0.3 is 0 Å².